The van der Waals surface area contributed by atoms with Crippen molar-refractivity contribution in [3.8, 4) is 22.6 Å². The molecule has 12 aromatic rings. The second-order valence-electron chi connectivity index (χ2n) is 15.1. The van der Waals surface area contributed by atoms with E-state index in [1.165, 1.54) is 0 Å². The minimum Gasteiger partial charge on any atom is -0.456 e. The lowest BCUT2D eigenvalue weighted by molar-refractivity contribution is 0.620. The van der Waals surface area contributed by atoms with Gasteiger partial charge in [-0.2, -0.15) is 0 Å². The van der Waals surface area contributed by atoms with E-state index in [1.807, 2.05) is 66.7 Å². The molecular formula is C55H35N3O3. The predicted octanol–water partition coefficient (Wildman–Crippen LogP) is 15.9. The van der Waals surface area contributed by atoms with Gasteiger partial charge in [-0.25, -0.2) is 4.98 Å². The number of nitrogens with zero attached hydrogens (tertiary/aromatic N) is 3. The summed E-state index contributed by atoms with van der Waals surface area (Å²) in [5.74, 6) is 0.538. The van der Waals surface area contributed by atoms with Gasteiger partial charge in [0.2, 0.25) is 5.89 Å². The highest BCUT2D eigenvalue weighted by Gasteiger charge is 2.26. The van der Waals surface area contributed by atoms with Crippen molar-refractivity contribution < 1.29 is 13.3 Å². The van der Waals surface area contributed by atoms with Crippen molar-refractivity contribution in [1.29, 1.82) is 0 Å². The Morgan fingerprint density at radius 2 is 0.869 bits per heavy atom. The van der Waals surface area contributed by atoms with E-state index >= 15 is 0 Å². The molecule has 0 saturated carbocycles. The highest BCUT2D eigenvalue weighted by atomic mass is 16.3. The van der Waals surface area contributed by atoms with Crippen LogP contribution in [0.25, 0.3) is 77.6 Å². The number of hydrogen-bond donors (Lipinski definition) is 0. The average Bonchev–Trinajstić information content (AvgIpc) is 4.04. The van der Waals surface area contributed by atoms with Crippen LogP contribution < -0.4 is 9.80 Å². The van der Waals surface area contributed by atoms with Crippen molar-refractivity contribution in [3.05, 3.63) is 212 Å². The van der Waals surface area contributed by atoms with Crippen molar-refractivity contribution in [2.45, 2.75) is 0 Å². The van der Waals surface area contributed by atoms with Crippen LogP contribution in [0.15, 0.2) is 226 Å². The van der Waals surface area contributed by atoms with Crippen LogP contribution in [0.5, 0.6) is 0 Å². The molecule has 61 heavy (non-hydrogen) atoms. The average molecular weight is 786 g/mol. The molecule has 3 aromatic heterocycles. The summed E-state index contributed by atoms with van der Waals surface area (Å²) in [5.41, 5.74) is 13.4. The molecule has 0 amide bonds. The van der Waals surface area contributed by atoms with Crippen molar-refractivity contribution in [1.82, 2.24) is 4.98 Å². The number of oxazole rings is 1. The standard InChI is InChI=1S/C55H35N3O3/c1-4-16-36(17-5-1)42-22-10-13-25-47(42)58(39-29-31-51-46(32-39)44-24-12-15-27-50(44)59-51)48-33-41(35-53-54(48)56-55(61-53)37-18-6-2-7-19-37)57(38-20-8-3-9-21-38)40-28-30-45-43-23-11-14-26-49(43)60-52(45)34-40/h1-35H. The van der Waals surface area contributed by atoms with Gasteiger partial charge in [0.15, 0.2) is 5.58 Å². The highest BCUT2D eigenvalue weighted by molar-refractivity contribution is 6.09. The SMILES string of the molecule is c1ccc(-c2nc3c(N(c4ccc5oc6ccccc6c5c4)c4ccccc4-c4ccccc4)cc(N(c4ccccc4)c4ccc5c(c4)oc4ccccc45)cc3o2)cc1. The first kappa shape index (κ1) is 34.7. The fraction of sp³-hybridized carbons (Fsp3) is 0. The molecule has 0 aliphatic rings. The van der Waals surface area contributed by atoms with E-state index in [4.69, 9.17) is 18.2 Å². The molecule has 0 saturated heterocycles. The number of furan rings is 2. The zero-order chi connectivity index (χ0) is 40.3. The molecular weight excluding hydrogens is 751 g/mol. The van der Waals surface area contributed by atoms with Gasteiger partial charge in [0.1, 0.15) is 27.8 Å². The van der Waals surface area contributed by atoms with E-state index in [2.05, 4.69) is 155 Å². The van der Waals surface area contributed by atoms with Crippen LogP contribution in [0.2, 0.25) is 0 Å². The summed E-state index contributed by atoms with van der Waals surface area (Å²) in [7, 11) is 0. The lowest BCUT2D eigenvalue weighted by atomic mass is 10.0. The van der Waals surface area contributed by atoms with E-state index in [0.29, 0.717) is 11.5 Å². The number of hydrogen-bond acceptors (Lipinski definition) is 6. The number of rotatable bonds is 8. The highest BCUT2D eigenvalue weighted by Crippen LogP contribution is 2.48. The molecule has 6 nitrogen and oxygen atoms in total. The topological polar surface area (TPSA) is 58.8 Å². The van der Waals surface area contributed by atoms with Crippen LogP contribution in [-0.4, -0.2) is 4.98 Å². The molecule has 0 bridgehead atoms. The van der Waals surface area contributed by atoms with Gasteiger partial charge >= 0.3 is 0 Å². The second-order valence-corrected chi connectivity index (χ2v) is 15.1. The zero-order valence-corrected chi connectivity index (χ0v) is 32.8. The minimum atomic E-state index is 0.538. The third kappa shape index (κ3) is 5.92. The van der Waals surface area contributed by atoms with Crippen LogP contribution in [-0.2, 0) is 0 Å². The summed E-state index contributed by atoms with van der Waals surface area (Å²) in [6.07, 6.45) is 0. The maximum atomic E-state index is 6.82. The van der Waals surface area contributed by atoms with E-state index < -0.39 is 0 Å². The Kier molecular flexibility index (Phi) is 8.06. The molecule has 288 valence electrons. The number of benzene rings is 9. The van der Waals surface area contributed by atoms with Gasteiger partial charge in [-0.3, -0.25) is 0 Å². The van der Waals surface area contributed by atoms with Crippen LogP contribution in [0.4, 0.5) is 34.1 Å². The van der Waals surface area contributed by atoms with Gasteiger partial charge in [0.25, 0.3) is 0 Å². The largest absolute Gasteiger partial charge is 0.456 e. The van der Waals surface area contributed by atoms with E-state index in [1.54, 1.807) is 0 Å². The van der Waals surface area contributed by atoms with Gasteiger partial charge in [-0.15, -0.1) is 0 Å². The molecule has 9 aromatic carbocycles. The van der Waals surface area contributed by atoms with E-state index in [-0.39, 0.29) is 0 Å². The van der Waals surface area contributed by atoms with Gasteiger partial charge in [-0.05, 0) is 84.4 Å². The van der Waals surface area contributed by atoms with Crippen LogP contribution >= 0.6 is 0 Å². The maximum absolute atomic E-state index is 6.82. The molecule has 0 aliphatic heterocycles. The minimum absolute atomic E-state index is 0.538. The van der Waals surface area contributed by atoms with Crippen molar-refractivity contribution >= 4 is 89.1 Å². The quantitative estimate of drug-likeness (QED) is 0.153. The smallest absolute Gasteiger partial charge is 0.227 e. The van der Waals surface area contributed by atoms with E-state index in [9.17, 15) is 0 Å². The summed E-state index contributed by atoms with van der Waals surface area (Å²) in [6, 6.07) is 73.2. The van der Waals surface area contributed by atoms with Gasteiger partial charge in [0, 0.05) is 61.9 Å². The molecule has 0 spiro atoms. The first-order valence-corrected chi connectivity index (χ1v) is 20.4. The molecule has 12 rings (SSSR count). The Bertz CT molecular complexity index is 3550. The van der Waals surface area contributed by atoms with Crippen LogP contribution in [0.3, 0.4) is 0 Å². The summed E-state index contributed by atoms with van der Waals surface area (Å²) in [6.45, 7) is 0. The normalized spacial score (nSPS) is 11.6. The zero-order valence-electron chi connectivity index (χ0n) is 32.8. The van der Waals surface area contributed by atoms with Gasteiger partial charge in [0.05, 0.1) is 17.1 Å². The predicted molar refractivity (Wildman–Crippen MR) is 249 cm³/mol. The summed E-state index contributed by atoms with van der Waals surface area (Å²) < 4.78 is 19.6. The summed E-state index contributed by atoms with van der Waals surface area (Å²) in [5, 5.41) is 4.23. The summed E-state index contributed by atoms with van der Waals surface area (Å²) >= 11 is 0. The molecule has 0 atom stereocenters. The lowest BCUT2D eigenvalue weighted by Crippen LogP contribution is -2.14. The number of aromatic nitrogens is 1. The number of anilines is 6. The third-order valence-electron chi connectivity index (χ3n) is 11.5. The Morgan fingerprint density at radius 3 is 1.64 bits per heavy atom. The summed E-state index contributed by atoms with van der Waals surface area (Å²) in [4.78, 5) is 9.89. The first-order valence-electron chi connectivity index (χ1n) is 20.4. The van der Waals surface area contributed by atoms with E-state index in [0.717, 1.165) is 100 Å². The first-order chi connectivity index (χ1) is 30.2. The van der Waals surface area contributed by atoms with Crippen LogP contribution in [0, 0.1) is 0 Å². The lowest BCUT2D eigenvalue weighted by Gasteiger charge is -2.30. The molecule has 6 heteroatoms. The fourth-order valence-corrected chi connectivity index (χ4v) is 8.67. The Balaban J connectivity index is 1.16. The van der Waals surface area contributed by atoms with Crippen molar-refractivity contribution in [2.75, 3.05) is 9.80 Å². The molecule has 0 aliphatic carbocycles. The molecule has 0 fully saturated rings. The maximum Gasteiger partial charge on any atom is 0.227 e. The molecule has 3 heterocycles. The number of para-hydroxylation sites is 4. The van der Waals surface area contributed by atoms with Gasteiger partial charge in [-0.1, -0.05) is 121 Å². The molecule has 0 N–H and O–H groups in total. The Labute approximate surface area is 350 Å². The third-order valence-corrected chi connectivity index (χ3v) is 11.5. The fourth-order valence-electron chi connectivity index (χ4n) is 8.67. The molecule has 0 radical (unpaired) electrons. The monoisotopic (exact) mass is 785 g/mol. The number of fused-ring (bicyclic) bond motifs is 7. The Hall–Kier alpha value is -8.35. The molecule has 0 unspecified atom stereocenters. The Morgan fingerprint density at radius 1 is 0.311 bits per heavy atom. The van der Waals surface area contributed by atoms with Crippen molar-refractivity contribution in [2.24, 2.45) is 0 Å². The second kappa shape index (κ2) is 14.2. The van der Waals surface area contributed by atoms with Crippen molar-refractivity contribution in [3.63, 3.8) is 0 Å². The van der Waals surface area contributed by atoms with Gasteiger partial charge < -0.3 is 23.1 Å². The van der Waals surface area contributed by atoms with Crippen LogP contribution in [0.1, 0.15) is 0 Å².